The molecule has 2 fully saturated rings. The largest absolute Gasteiger partial charge is 0.368 e. The number of anilines is 2. The Hall–Kier alpha value is -1.43. The highest BCUT2D eigenvalue weighted by atomic mass is 15.2. The molecule has 3 N–H and O–H groups in total. The maximum absolute atomic E-state index is 5.54. The van der Waals surface area contributed by atoms with Gasteiger partial charge in [-0.1, -0.05) is 0 Å². The molecule has 0 amide bonds. The molecule has 2 atom stereocenters. The van der Waals surface area contributed by atoms with Crippen LogP contribution in [0.15, 0.2) is 6.33 Å². The number of nitrogen functional groups attached to an aromatic ring is 1. The molecule has 3 heterocycles. The van der Waals surface area contributed by atoms with Gasteiger partial charge in [0.05, 0.1) is 0 Å². The lowest BCUT2D eigenvalue weighted by molar-refractivity contribution is 0.188. The Morgan fingerprint density at radius 3 is 3.12 bits per heavy atom. The van der Waals surface area contributed by atoms with Crippen molar-refractivity contribution in [1.29, 1.82) is 0 Å². The molecule has 0 saturated carbocycles. The van der Waals surface area contributed by atoms with Crippen LogP contribution in [-0.4, -0.2) is 45.0 Å². The first-order chi connectivity index (χ1) is 8.31. The van der Waals surface area contributed by atoms with Gasteiger partial charge in [-0.15, -0.1) is 0 Å². The molecule has 2 aliphatic rings. The number of fused-ring (bicyclic) bond motifs is 1. The van der Waals surface area contributed by atoms with Crippen molar-refractivity contribution in [3.05, 3.63) is 6.33 Å². The van der Waals surface area contributed by atoms with E-state index in [0.717, 1.165) is 12.5 Å². The number of nitrogens with one attached hydrogen (secondary N) is 1. The maximum Gasteiger partial charge on any atom is 0.227 e. The molecule has 0 aliphatic carbocycles. The van der Waals surface area contributed by atoms with Crippen LogP contribution >= 0.6 is 0 Å². The fourth-order valence-electron chi connectivity index (χ4n) is 2.92. The highest BCUT2D eigenvalue weighted by Gasteiger charge is 2.31. The second kappa shape index (κ2) is 4.44. The average molecular weight is 234 g/mol. The van der Waals surface area contributed by atoms with Crippen molar-refractivity contribution in [3.63, 3.8) is 0 Å². The van der Waals surface area contributed by atoms with Crippen LogP contribution in [0.4, 0.5) is 11.9 Å². The van der Waals surface area contributed by atoms with Crippen molar-refractivity contribution < 1.29 is 0 Å². The highest BCUT2D eigenvalue weighted by Crippen LogP contribution is 2.27. The normalized spacial score (nSPS) is 28.9. The number of nitrogens with zero attached hydrogens (tertiary/aromatic N) is 4. The summed E-state index contributed by atoms with van der Waals surface area (Å²) in [5.41, 5.74) is 5.54. The van der Waals surface area contributed by atoms with Gasteiger partial charge >= 0.3 is 0 Å². The molecule has 1 aromatic rings. The first-order valence-electron chi connectivity index (χ1n) is 6.26. The van der Waals surface area contributed by atoms with E-state index in [-0.39, 0.29) is 5.95 Å². The van der Waals surface area contributed by atoms with Crippen molar-refractivity contribution in [2.45, 2.75) is 37.8 Å². The number of piperidine rings is 1. The number of aromatic nitrogens is 3. The molecule has 6 heteroatoms. The van der Waals surface area contributed by atoms with E-state index in [9.17, 15) is 0 Å². The summed E-state index contributed by atoms with van der Waals surface area (Å²) < 4.78 is 0. The SMILES string of the molecule is Nc1ncnc(NC2CCN3CCCC3C2)n1. The predicted octanol–water partition coefficient (Wildman–Crippen LogP) is 0.492. The molecule has 2 saturated heterocycles. The second-order valence-corrected chi connectivity index (χ2v) is 4.86. The van der Waals surface area contributed by atoms with Crippen LogP contribution in [0.5, 0.6) is 0 Å². The van der Waals surface area contributed by atoms with Crippen molar-refractivity contribution in [3.8, 4) is 0 Å². The zero-order valence-corrected chi connectivity index (χ0v) is 9.84. The minimum atomic E-state index is 0.279. The first kappa shape index (κ1) is 10.7. The summed E-state index contributed by atoms with van der Waals surface area (Å²) in [6.45, 7) is 2.46. The summed E-state index contributed by atoms with van der Waals surface area (Å²) in [5.74, 6) is 0.884. The van der Waals surface area contributed by atoms with E-state index in [1.165, 1.54) is 38.7 Å². The molecule has 6 nitrogen and oxygen atoms in total. The molecule has 2 unspecified atom stereocenters. The molecule has 17 heavy (non-hydrogen) atoms. The third kappa shape index (κ3) is 2.31. The number of hydrogen-bond acceptors (Lipinski definition) is 6. The van der Waals surface area contributed by atoms with Gasteiger partial charge in [0.2, 0.25) is 11.9 Å². The Labute approximate surface area is 101 Å². The van der Waals surface area contributed by atoms with Gasteiger partial charge in [0.15, 0.2) is 0 Å². The molecule has 3 rings (SSSR count). The van der Waals surface area contributed by atoms with Crippen LogP contribution in [0.3, 0.4) is 0 Å². The Morgan fingerprint density at radius 1 is 1.29 bits per heavy atom. The predicted molar refractivity (Wildman–Crippen MR) is 65.5 cm³/mol. The van der Waals surface area contributed by atoms with Crippen LogP contribution in [-0.2, 0) is 0 Å². The molecule has 0 radical (unpaired) electrons. The van der Waals surface area contributed by atoms with Crippen molar-refractivity contribution in [2.75, 3.05) is 24.1 Å². The van der Waals surface area contributed by atoms with Gasteiger partial charge in [0.25, 0.3) is 0 Å². The van der Waals surface area contributed by atoms with Crippen molar-refractivity contribution in [1.82, 2.24) is 19.9 Å². The van der Waals surface area contributed by atoms with E-state index in [2.05, 4.69) is 25.2 Å². The lowest BCUT2D eigenvalue weighted by Crippen LogP contribution is -2.43. The lowest BCUT2D eigenvalue weighted by atomic mass is 9.98. The van der Waals surface area contributed by atoms with E-state index >= 15 is 0 Å². The number of nitrogens with two attached hydrogens (primary N) is 1. The van der Waals surface area contributed by atoms with Crippen LogP contribution in [0, 0.1) is 0 Å². The van der Waals surface area contributed by atoms with E-state index in [1.807, 2.05) is 0 Å². The van der Waals surface area contributed by atoms with Crippen LogP contribution < -0.4 is 11.1 Å². The summed E-state index contributed by atoms with van der Waals surface area (Å²) in [7, 11) is 0. The molecule has 1 aromatic heterocycles. The second-order valence-electron chi connectivity index (χ2n) is 4.86. The monoisotopic (exact) mass is 234 g/mol. The summed E-state index contributed by atoms with van der Waals surface area (Å²) in [6, 6.07) is 1.22. The Bertz CT molecular complexity index is 395. The Balaban J connectivity index is 1.62. The van der Waals surface area contributed by atoms with Crippen molar-refractivity contribution in [2.24, 2.45) is 0 Å². The molecule has 0 spiro atoms. The fraction of sp³-hybridized carbons (Fsp3) is 0.727. The molecule has 0 aromatic carbocycles. The van der Waals surface area contributed by atoms with Crippen LogP contribution in [0.1, 0.15) is 25.7 Å². The average Bonchev–Trinajstić information content (AvgIpc) is 2.76. The standard InChI is InChI=1S/C11H18N6/c12-10-13-7-14-11(16-10)15-8-3-5-17-4-1-2-9(17)6-8/h7-9H,1-6H2,(H3,12,13,14,15,16). The topological polar surface area (TPSA) is 80.0 Å². The lowest BCUT2D eigenvalue weighted by Gasteiger charge is -2.35. The number of hydrogen-bond donors (Lipinski definition) is 2. The maximum atomic E-state index is 5.54. The van der Waals surface area contributed by atoms with Gasteiger partial charge in [-0.05, 0) is 32.2 Å². The third-order valence-electron chi connectivity index (χ3n) is 3.74. The third-order valence-corrected chi connectivity index (χ3v) is 3.74. The minimum absolute atomic E-state index is 0.279. The van der Waals surface area contributed by atoms with Gasteiger partial charge in [0.1, 0.15) is 6.33 Å². The summed E-state index contributed by atoms with van der Waals surface area (Å²) in [5, 5.41) is 3.37. The molecule has 2 aliphatic heterocycles. The number of rotatable bonds is 2. The highest BCUT2D eigenvalue weighted by molar-refractivity contribution is 5.30. The van der Waals surface area contributed by atoms with Gasteiger partial charge in [0, 0.05) is 18.6 Å². The molecule has 0 bridgehead atoms. The Morgan fingerprint density at radius 2 is 2.24 bits per heavy atom. The van der Waals surface area contributed by atoms with Crippen LogP contribution in [0.25, 0.3) is 0 Å². The van der Waals surface area contributed by atoms with Gasteiger partial charge in [-0.25, -0.2) is 9.97 Å². The zero-order valence-electron chi connectivity index (χ0n) is 9.84. The zero-order chi connectivity index (χ0) is 11.7. The van der Waals surface area contributed by atoms with Gasteiger partial charge < -0.3 is 16.0 Å². The van der Waals surface area contributed by atoms with E-state index in [0.29, 0.717) is 12.0 Å². The quantitative estimate of drug-likeness (QED) is 0.775. The summed E-state index contributed by atoms with van der Waals surface area (Å²) in [6.07, 6.45) is 6.47. The molecular formula is C11H18N6. The van der Waals surface area contributed by atoms with E-state index in [4.69, 9.17) is 5.73 Å². The minimum Gasteiger partial charge on any atom is -0.368 e. The van der Waals surface area contributed by atoms with Crippen LogP contribution in [0.2, 0.25) is 0 Å². The molecular weight excluding hydrogens is 216 g/mol. The fourth-order valence-corrected chi connectivity index (χ4v) is 2.92. The first-order valence-corrected chi connectivity index (χ1v) is 6.26. The van der Waals surface area contributed by atoms with Gasteiger partial charge in [-0.3, -0.25) is 0 Å². The smallest absolute Gasteiger partial charge is 0.227 e. The van der Waals surface area contributed by atoms with Gasteiger partial charge in [-0.2, -0.15) is 4.98 Å². The summed E-state index contributed by atoms with van der Waals surface area (Å²) in [4.78, 5) is 14.6. The summed E-state index contributed by atoms with van der Waals surface area (Å²) >= 11 is 0. The van der Waals surface area contributed by atoms with E-state index in [1.54, 1.807) is 0 Å². The molecule has 92 valence electrons. The van der Waals surface area contributed by atoms with E-state index < -0.39 is 0 Å². The Kier molecular flexibility index (Phi) is 2.80. The van der Waals surface area contributed by atoms with Crippen molar-refractivity contribution >= 4 is 11.9 Å².